The Kier molecular flexibility index (Phi) is 6.49. The highest BCUT2D eigenvalue weighted by atomic mass is 32.2. The molecule has 5 nitrogen and oxygen atoms in total. The molecular formula is C12H24N4OS. The lowest BCUT2D eigenvalue weighted by atomic mass is 10.1. The molecule has 0 aromatic carbocycles. The lowest BCUT2D eigenvalue weighted by Gasteiger charge is -2.24. The fourth-order valence-electron chi connectivity index (χ4n) is 2.08. The fourth-order valence-corrected chi connectivity index (χ4v) is 3.40. The van der Waals surface area contributed by atoms with Crippen molar-refractivity contribution in [2.24, 2.45) is 0 Å². The topological polar surface area (TPSA) is 62.7 Å². The Morgan fingerprint density at radius 3 is 2.67 bits per heavy atom. The van der Waals surface area contributed by atoms with E-state index in [1.807, 2.05) is 14.0 Å². The van der Waals surface area contributed by atoms with Crippen LogP contribution in [0.1, 0.15) is 40.0 Å². The van der Waals surface area contributed by atoms with Crippen molar-refractivity contribution in [2.45, 2.75) is 63.0 Å². The van der Waals surface area contributed by atoms with E-state index in [2.05, 4.69) is 29.4 Å². The van der Waals surface area contributed by atoms with E-state index < -0.39 is 0 Å². The highest BCUT2D eigenvalue weighted by molar-refractivity contribution is 7.99. The summed E-state index contributed by atoms with van der Waals surface area (Å²) in [7, 11) is 2.00. The molecule has 1 rings (SSSR count). The molecule has 0 aliphatic heterocycles. The van der Waals surface area contributed by atoms with E-state index in [-0.39, 0.29) is 5.69 Å². The number of thioether (sulfide) groups is 1. The summed E-state index contributed by atoms with van der Waals surface area (Å²) in [5.74, 6) is 0. The minimum absolute atomic E-state index is 0.119. The Balaban J connectivity index is 2.81. The van der Waals surface area contributed by atoms with Crippen molar-refractivity contribution in [2.75, 3.05) is 7.05 Å². The van der Waals surface area contributed by atoms with Crippen LogP contribution in [0, 0.1) is 0 Å². The van der Waals surface area contributed by atoms with Gasteiger partial charge in [-0.15, -0.1) is 5.10 Å². The molecule has 18 heavy (non-hydrogen) atoms. The van der Waals surface area contributed by atoms with Gasteiger partial charge >= 0.3 is 5.69 Å². The summed E-state index contributed by atoms with van der Waals surface area (Å²) in [6, 6.07) is 0.460. The van der Waals surface area contributed by atoms with Gasteiger partial charge in [0.2, 0.25) is 0 Å². The van der Waals surface area contributed by atoms with Gasteiger partial charge in [-0.05, 0) is 26.8 Å². The van der Waals surface area contributed by atoms with Crippen molar-refractivity contribution in [3.05, 3.63) is 10.5 Å². The Morgan fingerprint density at radius 2 is 2.17 bits per heavy atom. The van der Waals surface area contributed by atoms with Gasteiger partial charge in [-0.1, -0.05) is 32.0 Å². The van der Waals surface area contributed by atoms with Crippen molar-refractivity contribution >= 4 is 11.8 Å². The largest absolute Gasteiger partial charge is 0.343 e. The summed E-state index contributed by atoms with van der Waals surface area (Å²) in [5.41, 5.74) is -0.119. The number of nitrogens with zero attached hydrogens (tertiary/aromatic N) is 2. The predicted molar refractivity (Wildman–Crippen MR) is 76.2 cm³/mol. The maximum absolute atomic E-state index is 11.5. The first-order chi connectivity index (χ1) is 8.67. The van der Waals surface area contributed by atoms with Crippen LogP contribution in [-0.2, 0) is 6.54 Å². The normalized spacial score (nSPS) is 14.7. The van der Waals surface area contributed by atoms with Gasteiger partial charge in [0, 0.05) is 17.8 Å². The first kappa shape index (κ1) is 15.3. The van der Waals surface area contributed by atoms with E-state index in [4.69, 9.17) is 0 Å². The third-order valence-electron chi connectivity index (χ3n) is 3.12. The summed E-state index contributed by atoms with van der Waals surface area (Å²) in [5, 5.41) is 11.2. The SMILES string of the molecule is CCCC(NC)C(CC)Sc1n[nH]c(=O)n1CC. The standard InChI is InChI=1S/C12H24N4OS/c1-5-8-9(13-4)10(6-2)18-12-15-14-11(17)16(12)7-3/h9-10,13H,5-8H2,1-4H3,(H,14,17). The minimum atomic E-state index is -0.119. The second-order valence-electron chi connectivity index (χ2n) is 4.30. The molecule has 0 fully saturated rings. The molecule has 2 N–H and O–H groups in total. The Morgan fingerprint density at radius 1 is 1.44 bits per heavy atom. The van der Waals surface area contributed by atoms with Crippen LogP contribution in [0.4, 0.5) is 0 Å². The van der Waals surface area contributed by atoms with Crippen LogP contribution in [0.5, 0.6) is 0 Å². The van der Waals surface area contributed by atoms with E-state index in [0.717, 1.165) is 24.4 Å². The molecule has 6 heteroatoms. The number of hydrogen-bond donors (Lipinski definition) is 2. The first-order valence-corrected chi connectivity index (χ1v) is 7.54. The number of rotatable bonds is 8. The summed E-state index contributed by atoms with van der Waals surface area (Å²) in [6.45, 7) is 6.99. The molecule has 104 valence electrons. The summed E-state index contributed by atoms with van der Waals surface area (Å²) < 4.78 is 1.69. The Hall–Kier alpha value is -0.750. The van der Waals surface area contributed by atoms with Gasteiger partial charge in [-0.3, -0.25) is 4.57 Å². The zero-order valence-corrected chi connectivity index (χ0v) is 12.5. The van der Waals surface area contributed by atoms with E-state index >= 15 is 0 Å². The molecule has 0 saturated carbocycles. The lowest BCUT2D eigenvalue weighted by molar-refractivity contribution is 0.488. The van der Waals surface area contributed by atoms with Gasteiger partial charge in [0.05, 0.1) is 0 Å². The average molecular weight is 272 g/mol. The van der Waals surface area contributed by atoms with E-state index in [1.54, 1.807) is 16.3 Å². The molecule has 0 spiro atoms. The van der Waals surface area contributed by atoms with Gasteiger partial charge in [-0.2, -0.15) is 0 Å². The van der Waals surface area contributed by atoms with E-state index in [1.165, 1.54) is 0 Å². The molecular weight excluding hydrogens is 248 g/mol. The molecule has 0 bridgehead atoms. The molecule has 0 radical (unpaired) electrons. The highest BCUT2D eigenvalue weighted by Crippen LogP contribution is 2.26. The number of hydrogen-bond acceptors (Lipinski definition) is 4. The zero-order valence-electron chi connectivity index (χ0n) is 11.7. The highest BCUT2D eigenvalue weighted by Gasteiger charge is 2.21. The number of aromatic amines is 1. The van der Waals surface area contributed by atoms with Crippen LogP contribution >= 0.6 is 11.8 Å². The first-order valence-electron chi connectivity index (χ1n) is 6.66. The molecule has 2 unspecified atom stereocenters. The van der Waals surface area contributed by atoms with Crippen molar-refractivity contribution in [1.29, 1.82) is 0 Å². The molecule has 0 aliphatic rings. The fraction of sp³-hybridized carbons (Fsp3) is 0.833. The van der Waals surface area contributed by atoms with Crippen molar-refractivity contribution < 1.29 is 0 Å². The van der Waals surface area contributed by atoms with Gasteiger partial charge in [0.1, 0.15) is 0 Å². The van der Waals surface area contributed by atoms with Crippen LogP contribution in [0.25, 0.3) is 0 Å². The van der Waals surface area contributed by atoms with E-state index in [0.29, 0.717) is 17.8 Å². The maximum Gasteiger partial charge on any atom is 0.343 e. The predicted octanol–water partition coefficient (Wildman–Crippen LogP) is 1.85. The average Bonchev–Trinajstić information content (AvgIpc) is 2.73. The van der Waals surface area contributed by atoms with Crippen LogP contribution in [0.15, 0.2) is 9.95 Å². The lowest BCUT2D eigenvalue weighted by Crippen LogP contribution is -2.35. The summed E-state index contributed by atoms with van der Waals surface area (Å²) in [4.78, 5) is 11.5. The third-order valence-corrected chi connectivity index (χ3v) is 4.60. The van der Waals surface area contributed by atoms with E-state index in [9.17, 15) is 4.79 Å². The molecule has 0 amide bonds. The second-order valence-corrected chi connectivity index (χ2v) is 5.51. The number of aromatic nitrogens is 3. The molecule has 1 aromatic heterocycles. The molecule has 0 aliphatic carbocycles. The quantitative estimate of drug-likeness (QED) is 0.709. The monoisotopic (exact) mass is 272 g/mol. The van der Waals surface area contributed by atoms with Gasteiger partial charge in [-0.25, -0.2) is 9.89 Å². The second kappa shape index (κ2) is 7.63. The molecule has 0 saturated heterocycles. The van der Waals surface area contributed by atoms with Gasteiger partial charge in [0.25, 0.3) is 0 Å². The summed E-state index contributed by atoms with van der Waals surface area (Å²) >= 11 is 1.69. The number of nitrogens with one attached hydrogen (secondary N) is 2. The zero-order chi connectivity index (χ0) is 13.5. The summed E-state index contributed by atoms with van der Waals surface area (Å²) in [6.07, 6.45) is 3.35. The van der Waals surface area contributed by atoms with Crippen LogP contribution < -0.4 is 11.0 Å². The Bertz CT molecular complexity index is 401. The molecule has 1 aromatic rings. The minimum Gasteiger partial charge on any atom is -0.316 e. The van der Waals surface area contributed by atoms with Gasteiger partial charge in [0.15, 0.2) is 5.16 Å². The third kappa shape index (κ3) is 3.62. The smallest absolute Gasteiger partial charge is 0.316 e. The maximum atomic E-state index is 11.5. The van der Waals surface area contributed by atoms with Crippen LogP contribution in [0.2, 0.25) is 0 Å². The number of H-pyrrole nitrogens is 1. The van der Waals surface area contributed by atoms with Crippen LogP contribution in [-0.4, -0.2) is 33.1 Å². The van der Waals surface area contributed by atoms with Crippen molar-refractivity contribution in [3.63, 3.8) is 0 Å². The van der Waals surface area contributed by atoms with Gasteiger partial charge < -0.3 is 5.32 Å². The Labute approximate surface area is 113 Å². The molecule has 1 heterocycles. The van der Waals surface area contributed by atoms with Crippen molar-refractivity contribution in [3.8, 4) is 0 Å². The van der Waals surface area contributed by atoms with Crippen LogP contribution in [0.3, 0.4) is 0 Å². The van der Waals surface area contributed by atoms with Crippen molar-refractivity contribution in [1.82, 2.24) is 20.1 Å². The molecule has 2 atom stereocenters.